The predicted molar refractivity (Wildman–Crippen MR) is 30.4 cm³/mol. The van der Waals surface area contributed by atoms with Crippen LogP contribution in [0.25, 0.3) is 0 Å². The van der Waals surface area contributed by atoms with Gasteiger partial charge in [0, 0.05) is 6.42 Å². The quantitative estimate of drug-likeness (QED) is 0.607. The van der Waals surface area contributed by atoms with Gasteiger partial charge >= 0.3 is 0 Å². The van der Waals surface area contributed by atoms with Crippen LogP contribution in [-0.2, 0) is 11.5 Å². The summed E-state index contributed by atoms with van der Waals surface area (Å²) in [5.41, 5.74) is 0. The van der Waals surface area contributed by atoms with Crippen LogP contribution in [0.2, 0.25) is 0 Å². The third-order valence-corrected chi connectivity index (χ3v) is 1.02. The van der Waals surface area contributed by atoms with E-state index in [0.29, 0.717) is 18.7 Å². The van der Waals surface area contributed by atoms with Gasteiger partial charge in [0.25, 0.3) is 0 Å². The monoisotopic (exact) mass is 126 g/mol. The second-order valence-corrected chi connectivity index (χ2v) is 1.73. The first-order chi connectivity index (χ1) is 4.43. The molecule has 0 saturated carbocycles. The first kappa shape index (κ1) is 6.29. The molecule has 0 bridgehead atoms. The number of oxazole rings is 1. The maximum atomic E-state index is 9.96. The molecular formula is C6H8NO2. The minimum absolute atomic E-state index is 0.0532. The summed E-state index contributed by atoms with van der Waals surface area (Å²) < 4.78 is 4.89. The molecule has 0 aromatic carbocycles. The third kappa shape index (κ3) is 1.85. The molecule has 3 heteroatoms. The van der Waals surface area contributed by atoms with E-state index in [2.05, 4.69) is 4.98 Å². The van der Waals surface area contributed by atoms with Gasteiger partial charge < -0.3 is 4.42 Å². The minimum Gasteiger partial charge on any atom is -0.449 e. The Morgan fingerprint density at radius 2 is 2.56 bits per heavy atom. The fraction of sp³-hybridized carbons (Fsp3) is 0.500. The molecule has 0 aliphatic carbocycles. The van der Waals surface area contributed by atoms with Crippen LogP contribution in [0.4, 0.5) is 0 Å². The molecule has 0 N–H and O–H groups in total. The van der Waals surface area contributed by atoms with Crippen molar-refractivity contribution in [3.8, 4) is 0 Å². The van der Waals surface area contributed by atoms with Gasteiger partial charge in [-0.05, 0) is 6.42 Å². The molecule has 0 amide bonds. The van der Waals surface area contributed by atoms with Gasteiger partial charge in [0.15, 0.2) is 5.89 Å². The van der Waals surface area contributed by atoms with Crippen molar-refractivity contribution in [2.75, 3.05) is 6.61 Å². The third-order valence-electron chi connectivity index (χ3n) is 1.02. The van der Waals surface area contributed by atoms with Crippen LogP contribution in [0.15, 0.2) is 16.9 Å². The zero-order valence-corrected chi connectivity index (χ0v) is 5.04. The van der Waals surface area contributed by atoms with Gasteiger partial charge in [0.2, 0.25) is 0 Å². The second-order valence-electron chi connectivity index (χ2n) is 1.73. The highest BCUT2D eigenvalue weighted by atomic mass is 16.3. The van der Waals surface area contributed by atoms with Crippen molar-refractivity contribution >= 4 is 0 Å². The maximum absolute atomic E-state index is 9.96. The summed E-state index contributed by atoms with van der Waals surface area (Å²) in [7, 11) is 0. The van der Waals surface area contributed by atoms with Gasteiger partial charge in [-0.2, -0.15) is 0 Å². The molecule has 0 aliphatic heterocycles. The number of aromatic nitrogens is 1. The van der Waals surface area contributed by atoms with Crippen LogP contribution in [0.1, 0.15) is 12.3 Å². The highest BCUT2D eigenvalue weighted by molar-refractivity contribution is 4.78. The van der Waals surface area contributed by atoms with Gasteiger partial charge in [-0.3, -0.25) is 0 Å². The van der Waals surface area contributed by atoms with Gasteiger partial charge in [-0.1, -0.05) is 0 Å². The minimum atomic E-state index is -0.0532. The molecule has 49 valence electrons. The van der Waals surface area contributed by atoms with Gasteiger partial charge in [0.1, 0.15) is 6.26 Å². The van der Waals surface area contributed by atoms with Crippen molar-refractivity contribution in [2.45, 2.75) is 12.8 Å². The Bertz CT molecular complexity index is 148. The van der Waals surface area contributed by atoms with Crippen LogP contribution < -0.4 is 0 Å². The average molecular weight is 126 g/mol. The molecule has 1 radical (unpaired) electrons. The SMILES string of the molecule is [O]CCCc1ncco1. The first-order valence-electron chi connectivity index (χ1n) is 2.90. The molecule has 0 unspecified atom stereocenters. The summed E-state index contributed by atoms with van der Waals surface area (Å²) in [6.07, 6.45) is 4.37. The molecule has 0 atom stereocenters. The Morgan fingerprint density at radius 1 is 1.67 bits per heavy atom. The van der Waals surface area contributed by atoms with Gasteiger partial charge in [0.05, 0.1) is 12.8 Å². The Balaban J connectivity index is 2.30. The Morgan fingerprint density at radius 3 is 3.11 bits per heavy atom. The van der Waals surface area contributed by atoms with Crippen molar-refractivity contribution < 1.29 is 9.52 Å². The summed E-state index contributed by atoms with van der Waals surface area (Å²) in [6.45, 7) is -0.0532. The molecule has 0 spiro atoms. The maximum Gasteiger partial charge on any atom is 0.193 e. The second kappa shape index (κ2) is 3.25. The number of hydrogen-bond acceptors (Lipinski definition) is 2. The molecule has 0 saturated heterocycles. The van der Waals surface area contributed by atoms with Crippen molar-refractivity contribution in [3.05, 3.63) is 18.4 Å². The summed E-state index contributed by atoms with van der Waals surface area (Å²) in [5, 5.41) is 9.96. The van der Waals surface area contributed by atoms with Crippen molar-refractivity contribution in [3.63, 3.8) is 0 Å². The molecule has 9 heavy (non-hydrogen) atoms. The Hall–Kier alpha value is -0.830. The number of rotatable bonds is 3. The van der Waals surface area contributed by atoms with Crippen molar-refractivity contribution in [2.24, 2.45) is 0 Å². The molecule has 1 rings (SSSR count). The Kier molecular flexibility index (Phi) is 2.27. The highest BCUT2D eigenvalue weighted by Crippen LogP contribution is 1.97. The molecule has 0 aliphatic rings. The molecule has 1 heterocycles. The molecule has 0 fully saturated rings. The van der Waals surface area contributed by atoms with E-state index in [1.807, 2.05) is 0 Å². The highest BCUT2D eigenvalue weighted by Gasteiger charge is 1.94. The van der Waals surface area contributed by atoms with Crippen molar-refractivity contribution in [1.29, 1.82) is 0 Å². The number of hydrogen-bond donors (Lipinski definition) is 0. The zero-order valence-electron chi connectivity index (χ0n) is 5.04. The van der Waals surface area contributed by atoms with E-state index in [0.717, 1.165) is 0 Å². The summed E-state index contributed by atoms with van der Waals surface area (Å²) in [5.74, 6) is 0.658. The van der Waals surface area contributed by atoms with Crippen LogP contribution in [0.3, 0.4) is 0 Å². The van der Waals surface area contributed by atoms with Crippen LogP contribution in [0.5, 0.6) is 0 Å². The van der Waals surface area contributed by atoms with E-state index < -0.39 is 0 Å². The van der Waals surface area contributed by atoms with E-state index in [9.17, 15) is 5.11 Å². The summed E-state index contributed by atoms with van der Waals surface area (Å²) >= 11 is 0. The smallest absolute Gasteiger partial charge is 0.193 e. The molecule has 1 aromatic heterocycles. The van der Waals surface area contributed by atoms with Crippen LogP contribution >= 0.6 is 0 Å². The average Bonchev–Trinajstić information content (AvgIpc) is 2.34. The topological polar surface area (TPSA) is 45.9 Å². The summed E-state index contributed by atoms with van der Waals surface area (Å²) in [4.78, 5) is 3.85. The van der Waals surface area contributed by atoms with E-state index in [-0.39, 0.29) is 6.61 Å². The predicted octanol–water partition coefficient (Wildman–Crippen LogP) is 1.04. The molecule has 3 nitrogen and oxygen atoms in total. The fourth-order valence-electron chi connectivity index (χ4n) is 0.600. The zero-order chi connectivity index (χ0) is 6.53. The number of nitrogens with zero attached hydrogens (tertiary/aromatic N) is 1. The van der Waals surface area contributed by atoms with Gasteiger partial charge in [-0.25, -0.2) is 10.1 Å². The van der Waals surface area contributed by atoms with E-state index in [4.69, 9.17) is 4.42 Å². The van der Waals surface area contributed by atoms with E-state index in [1.54, 1.807) is 6.20 Å². The number of aryl methyl sites for hydroxylation is 1. The first-order valence-corrected chi connectivity index (χ1v) is 2.90. The van der Waals surface area contributed by atoms with Gasteiger partial charge in [-0.15, -0.1) is 0 Å². The fourth-order valence-corrected chi connectivity index (χ4v) is 0.600. The molecule has 1 aromatic rings. The lowest BCUT2D eigenvalue weighted by atomic mass is 10.3. The van der Waals surface area contributed by atoms with Crippen LogP contribution in [-0.4, -0.2) is 11.6 Å². The van der Waals surface area contributed by atoms with E-state index >= 15 is 0 Å². The normalized spacial score (nSPS) is 9.89. The standard InChI is InChI=1S/C6H8NO2/c8-4-1-2-6-7-3-5-9-6/h3,5H,1-2,4H2. The molecular weight excluding hydrogens is 118 g/mol. The lowest BCUT2D eigenvalue weighted by Crippen LogP contribution is -1.86. The largest absolute Gasteiger partial charge is 0.449 e. The van der Waals surface area contributed by atoms with Crippen LogP contribution in [0, 0.1) is 0 Å². The summed E-state index contributed by atoms with van der Waals surface area (Å²) in [6, 6.07) is 0. The van der Waals surface area contributed by atoms with E-state index in [1.165, 1.54) is 6.26 Å². The lowest BCUT2D eigenvalue weighted by Gasteiger charge is -1.87. The lowest BCUT2D eigenvalue weighted by molar-refractivity contribution is 0.187. The van der Waals surface area contributed by atoms with Crippen molar-refractivity contribution in [1.82, 2.24) is 4.98 Å². The Labute approximate surface area is 53.3 Å².